The second-order valence-corrected chi connectivity index (χ2v) is 0.304. The van der Waals surface area contributed by atoms with Crippen LogP contribution in [-0.2, 0) is 0 Å². The largest absolute Gasteiger partial charge is 0.574 e. The molecule has 4 heavy (non-hydrogen) atoms. The topological polar surface area (TPSA) is 53.5 Å². The smallest absolute Gasteiger partial charge is 0.0187 e. The summed E-state index contributed by atoms with van der Waals surface area (Å²) in [5, 5.41) is 6.72. The van der Waals surface area contributed by atoms with Gasteiger partial charge >= 0.3 is 0 Å². The van der Waals surface area contributed by atoms with Crippen LogP contribution in [0, 0.1) is 5.21 Å². The molecule has 0 saturated carbocycles. The van der Waals surface area contributed by atoms with Crippen LogP contribution in [0.4, 0.5) is 4.48 Å². The average molecular weight is 66.0 g/mol. The molecule has 0 heterocycles. The highest BCUT2D eigenvalue weighted by molar-refractivity contribution is 3.74. The normalized spacial score (nSPS) is 15.8. The van der Waals surface area contributed by atoms with E-state index in [0.29, 0.717) is 0 Å². The molecule has 0 aliphatic heterocycles. The first kappa shape index (κ1) is 3.81. The van der Waals surface area contributed by atoms with Crippen LogP contribution in [0.2, 0.25) is 0 Å². The van der Waals surface area contributed by atoms with Gasteiger partial charge in [0.05, 0.1) is 0 Å². The lowest BCUT2D eigenvalue weighted by Crippen LogP contribution is -3.05. The summed E-state index contributed by atoms with van der Waals surface area (Å²) < 4.78 is 10.1. The Morgan fingerprint density at radius 2 is 2.00 bits per heavy atom. The Labute approximate surface area is 22.3 Å². The van der Waals surface area contributed by atoms with Gasteiger partial charge in [0.15, 0.2) is 0 Å². The van der Waals surface area contributed by atoms with Crippen LogP contribution in [0.1, 0.15) is 0 Å². The van der Waals surface area contributed by atoms with E-state index >= 15 is 0 Å². The van der Waals surface area contributed by atoms with E-state index in [0.717, 1.165) is 0 Å². The summed E-state index contributed by atoms with van der Waals surface area (Å²) in [5.74, 6) is 3.81. The van der Waals surface area contributed by atoms with E-state index < -0.39 is 5.39 Å². The van der Waals surface area contributed by atoms with Gasteiger partial charge in [-0.05, 0) is 0 Å². The maximum atomic E-state index is 10.1. The third-order valence-corrected chi connectivity index (χ3v) is 0. The summed E-state index contributed by atoms with van der Waals surface area (Å²) in [6.07, 6.45) is 0. The predicted molar refractivity (Wildman–Crippen MR) is 9.63 cm³/mol. The molecule has 0 aromatic carbocycles. The van der Waals surface area contributed by atoms with E-state index in [2.05, 4.69) is 5.84 Å². The number of quaternary nitrogens is 1. The highest BCUT2D eigenvalue weighted by atomic mass is 19.2. The van der Waals surface area contributed by atoms with Crippen molar-refractivity contribution < 1.29 is 9.88 Å². The zero-order chi connectivity index (χ0) is 3.58. The maximum Gasteiger partial charge on any atom is 0.0187 e. The number of nitrogens with two attached hydrogens (primary N) is 1. The molecule has 0 saturated heterocycles. The maximum absolute atomic E-state index is 10.1. The lowest BCUT2D eigenvalue weighted by Gasteiger charge is -1.92. The summed E-state index contributed by atoms with van der Waals surface area (Å²) in [5.41, 5.74) is 0. The van der Waals surface area contributed by atoms with E-state index in [1.165, 1.54) is 0 Å². The Morgan fingerprint density at radius 3 is 2.00 bits per heavy atom. The van der Waals surface area contributed by atoms with Crippen molar-refractivity contribution in [2.45, 2.75) is 0 Å². The van der Waals surface area contributed by atoms with Gasteiger partial charge < -0.3 is 5.21 Å². The van der Waals surface area contributed by atoms with Crippen LogP contribution < -0.4 is 11.2 Å². The number of hydrogen-bond acceptors (Lipinski definition) is 2. The van der Waals surface area contributed by atoms with Gasteiger partial charge in [-0.3, -0.25) is 0 Å². The molecule has 3 nitrogen and oxygen atoms in total. The van der Waals surface area contributed by atoms with Crippen molar-refractivity contribution in [1.82, 2.24) is 0 Å². The summed E-state index contributed by atoms with van der Waals surface area (Å²) >= 11 is 0. The highest BCUT2D eigenvalue weighted by Crippen LogP contribution is 1.06. The second-order valence-electron chi connectivity index (χ2n) is 0.304. The van der Waals surface area contributed by atoms with Gasteiger partial charge in [-0.2, -0.15) is 0 Å². The van der Waals surface area contributed by atoms with Crippen molar-refractivity contribution in [3.8, 4) is 0 Å². The minimum Gasteiger partial charge on any atom is -0.574 e. The summed E-state index contributed by atoms with van der Waals surface area (Å²) in [6, 6.07) is 0. The highest BCUT2D eigenvalue weighted by Gasteiger charge is 1.58. The molecule has 0 aromatic heterocycles. The van der Waals surface area contributed by atoms with Gasteiger partial charge in [0.1, 0.15) is 0 Å². The molecule has 0 spiro atoms. The molecule has 4 heteroatoms. The lowest BCUT2D eigenvalue weighted by molar-refractivity contribution is -1.01. The van der Waals surface area contributed by atoms with Gasteiger partial charge in [0.2, 0.25) is 0 Å². The van der Waals surface area contributed by atoms with Gasteiger partial charge in [-0.25, -0.2) is 0 Å². The lowest BCUT2D eigenvalue weighted by atomic mass is 12.7. The summed E-state index contributed by atoms with van der Waals surface area (Å²) in [7, 11) is 0. The quantitative estimate of drug-likeness (QED) is 0.198. The van der Waals surface area contributed by atoms with Crippen LogP contribution in [0.3, 0.4) is 0 Å². The predicted octanol–water partition coefficient (Wildman–Crippen LogP) is -1.87. The molecule has 0 amide bonds. The molecule has 1 unspecified atom stereocenters. The fraction of sp³-hybridized carbons (Fsp3) is 0. The number of hydrogen-bond donors (Lipinski definition) is 2. The van der Waals surface area contributed by atoms with Crippen LogP contribution in [0.25, 0.3) is 0 Å². The van der Waals surface area contributed by atoms with E-state index in [4.69, 9.17) is 5.21 Å². The SMILES string of the molecule is N[NH+]([O-])F. The van der Waals surface area contributed by atoms with Gasteiger partial charge in [0.25, 0.3) is 0 Å². The molecule has 0 aliphatic carbocycles. The minimum absolute atomic E-state index is 1.83. The molecule has 0 radical (unpaired) electrons. The first-order valence-corrected chi connectivity index (χ1v) is 0.682. The van der Waals surface area contributed by atoms with Crippen molar-refractivity contribution >= 4 is 0 Å². The van der Waals surface area contributed by atoms with Crippen molar-refractivity contribution in [2.75, 3.05) is 0 Å². The Morgan fingerprint density at radius 1 is 2.00 bits per heavy atom. The van der Waals surface area contributed by atoms with Crippen LogP contribution >= 0.6 is 0 Å². The van der Waals surface area contributed by atoms with Crippen LogP contribution in [0.5, 0.6) is 0 Å². The zero-order valence-corrected chi connectivity index (χ0v) is 1.86. The first-order chi connectivity index (χ1) is 1.73. The van der Waals surface area contributed by atoms with Crippen molar-refractivity contribution in [3.63, 3.8) is 0 Å². The van der Waals surface area contributed by atoms with Gasteiger partial charge in [-0.1, -0.05) is 5.39 Å². The molecule has 0 bridgehead atoms. The van der Waals surface area contributed by atoms with E-state index in [-0.39, 0.29) is 0 Å². The fourth-order valence-electron chi connectivity index (χ4n) is 0. The second kappa shape index (κ2) is 1.17. The Balaban J connectivity index is 2.32. The van der Waals surface area contributed by atoms with Crippen LogP contribution in [-0.4, -0.2) is 0 Å². The first-order valence-electron chi connectivity index (χ1n) is 0.682. The van der Waals surface area contributed by atoms with Crippen molar-refractivity contribution in [2.24, 2.45) is 5.84 Å². The number of rotatable bonds is 0. The Hall–Kier alpha value is -0.190. The molecule has 0 fully saturated rings. The monoisotopic (exact) mass is 66.0 g/mol. The molecule has 3 N–H and O–H groups in total. The van der Waals surface area contributed by atoms with Crippen LogP contribution in [0.15, 0.2) is 0 Å². The molecular weight excluding hydrogens is 63.0 g/mol. The molecule has 0 aromatic rings. The van der Waals surface area contributed by atoms with E-state index in [1.54, 1.807) is 0 Å². The van der Waals surface area contributed by atoms with Crippen molar-refractivity contribution in [3.05, 3.63) is 5.21 Å². The molecule has 0 rings (SSSR count). The minimum atomic E-state index is -1.83. The third kappa shape index (κ3) is 32.9. The molecule has 1 atom stereocenters. The molecule has 26 valence electrons. The fourth-order valence-corrected chi connectivity index (χ4v) is 0. The van der Waals surface area contributed by atoms with E-state index in [9.17, 15) is 4.48 Å². The summed E-state index contributed by atoms with van der Waals surface area (Å²) in [4.78, 5) is 0. The average Bonchev–Trinajstić information content (AvgIpc) is 0.811. The molecular formula is H3FN2O. The number of halogens is 1. The number of nitrogens with one attached hydrogen (secondary N) is 1. The van der Waals surface area contributed by atoms with Crippen molar-refractivity contribution in [1.29, 1.82) is 0 Å². The van der Waals surface area contributed by atoms with E-state index in [1.807, 2.05) is 0 Å². The van der Waals surface area contributed by atoms with Gasteiger partial charge in [-0.15, -0.1) is 5.84 Å². The standard InChI is InChI=1S/FH3N2O/c1-3(2)4/h3H,2H2. The summed E-state index contributed by atoms with van der Waals surface area (Å²) in [6.45, 7) is 0. The Bertz CT molecular complexity index is 10.8. The zero-order valence-electron chi connectivity index (χ0n) is 1.86. The third-order valence-electron chi connectivity index (χ3n) is 0. The molecule has 0 aliphatic rings. The van der Waals surface area contributed by atoms with Gasteiger partial charge in [0, 0.05) is 4.48 Å². The Kier molecular flexibility index (Phi) is 1.11.